The Balaban J connectivity index is 2.44. The molecule has 0 saturated heterocycles. The van der Waals surface area contributed by atoms with E-state index >= 15 is 0 Å². The lowest BCUT2D eigenvalue weighted by Crippen LogP contribution is -2.33. The van der Waals surface area contributed by atoms with Gasteiger partial charge in [-0.3, -0.25) is 4.79 Å². The van der Waals surface area contributed by atoms with Crippen LogP contribution in [0.15, 0.2) is 30.3 Å². The van der Waals surface area contributed by atoms with E-state index in [9.17, 15) is 4.79 Å². The van der Waals surface area contributed by atoms with Crippen LogP contribution in [0.3, 0.4) is 0 Å². The predicted octanol–water partition coefficient (Wildman–Crippen LogP) is 2.20. The normalized spacial score (nSPS) is 11.8. The van der Waals surface area contributed by atoms with E-state index in [1.807, 2.05) is 18.2 Å². The third-order valence-corrected chi connectivity index (χ3v) is 3.09. The highest BCUT2D eigenvalue weighted by Crippen LogP contribution is 2.20. The van der Waals surface area contributed by atoms with Gasteiger partial charge in [0.05, 0.1) is 0 Å². The molecule has 0 atom stereocenters. The Kier molecular flexibility index (Phi) is 6.25. The maximum absolute atomic E-state index is 11.7. The minimum Gasteiger partial charge on any atom is -0.399 e. The summed E-state index contributed by atoms with van der Waals surface area (Å²) in [5.41, 5.74) is 7.24. The Hall–Kier alpha value is -1.81. The second-order valence-corrected chi connectivity index (χ2v) is 5.71. The summed E-state index contributed by atoms with van der Waals surface area (Å²) < 4.78 is 0. The van der Waals surface area contributed by atoms with Crippen molar-refractivity contribution in [1.29, 1.82) is 0 Å². The molecular weight excluding hydrogens is 252 g/mol. The molecule has 1 aromatic carbocycles. The summed E-state index contributed by atoms with van der Waals surface area (Å²) in [6.07, 6.45) is 4.88. The molecule has 0 spiro atoms. The minimum absolute atomic E-state index is 0.0105. The van der Waals surface area contributed by atoms with Crippen LogP contribution in [0.25, 0.3) is 6.08 Å². The number of rotatable bonds is 7. The highest BCUT2D eigenvalue weighted by molar-refractivity contribution is 5.91. The van der Waals surface area contributed by atoms with Crippen molar-refractivity contribution in [3.63, 3.8) is 0 Å². The zero-order valence-corrected chi connectivity index (χ0v) is 12.2. The van der Waals surface area contributed by atoms with Crippen LogP contribution < -0.4 is 11.1 Å². The molecule has 1 rings (SSSR count). The average Bonchev–Trinajstić information content (AvgIpc) is 2.41. The molecule has 0 aliphatic carbocycles. The number of benzene rings is 1. The molecule has 0 aliphatic rings. The molecule has 4 heteroatoms. The Morgan fingerprint density at radius 2 is 2.20 bits per heavy atom. The first-order chi connectivity index (χ1) is 9.43. The topological polar surface area (TPSA) is 75.3 Å². The number of hydrogen-bond acceptors (Lipinski definition) is 3. The standard InChI is InChI=1S/C16H24N2O2/c1-16(2,9-4-10-19)12-18-15(20)8-7-13-5-3-6-14(17)11-13/h3,5-8,11,19H,4,9-10,12,17H2,1-2H3,(H,18,20)/b8-7+. The maximum atomic E-state index is 11.7. The largest absolute Gasteiger partial charge is 0.399 e. The fourth-order valence-corrected chi connectivity index (χ4v) is 1.87. The van der Waals surface area contributed by atoms with Crippen molar-refractivity contribution in [2.45, 2.75) is 26.7 Å². The summed E-state index contributed by atoms with van der Waals surface area (Å²) in [6, 6.07) is 7.37. The lowest BCUT2D eigenvalue weighted by molar-refractivity contribution is -0.116. The molecule has 0 radical (unpaired) electrons. The van der Waals surface area contributed by atoms with Gasteiger partial charge in [0.2, 0.25) is 5.91 Å². The summed E-state index contributed by atoms with van der Waals surface area (Å²) in [5.74, 6) is -0.121. The van der Waals surface area contributed by atoms with Crippen LogP contribution >= 0.6 is 0 Å². The number of nitrogens with one attached hydrogen (secondary N) is 1. The molecule has 4 N–H and O–H groups in total. The zero-order valence-electron chi connectivity index (χ0n) is 12.2. The van der Waals surface area contributed by atoms with Crippen molar-refractivity contribution < 1.29 is 9.90 Å². The van der Waals surface area contributed by atoms with E-state index in [-0.39, 0.29) is 17.9 Å². The van der Waals surface area contributed by atoms with Gasteiger partial charge in [-0.15, -0.1) is 0 Å². The fourth-order valence-electron chi connectivity index (χ4n) is 1.87. The van der Waals surface area contributed by atoms with E-state index in [2.05, 4.69) is 19.2 Å². The van der Waals surface area contributed by atoms with Gasteiger partial charge >= 0.3 is 0 Å². The van der Waals surface area contributed by atoms with E-state index in [1.54, 1.807) is 12.1 Å². The molecule has 0 unspecified atom stereocenters. The van der Waals surface area contributed by atoms with Gasteiger partial charge in [-0.1, -0.05) is 26.0 Å². The lowest BCUT2D eigenvalue weighted by Gasteiger charge is -2.24. The van der Waals surface area contributed by atoms with E-state index in [4.69, 9.17) is 10.8 Å². The molecule has 0 bridgehead atoms. The minimum atomic E-state index is -0.121. The monoisotopic (exact) mass is 276 g/mol. The number of amides is 1. The second-order valence-electron chi connectivity index (χ2n) is 5.71. The number of nitrogen functional groups attached to an aromatic ring is 1. The number of aliphatic hydroxyl groups excluding tert-OH is 1. The van der Waals surface area contributed by atoms with Gasteiger partial charge in [-0.25, -0.2) is 0 Å². The summed E-state index contributed by atoms with van der Waals surface area (Å²) in [7, 11) is 0. The summed E-state index contributed by atoms with van der Waals surface area (Å²) in [5, 5.41) is 11.7. The first-order valence-corrected chi connectivity index (χ1v) is 6.85. The Labute approximate surface area is 120 Å². The number of anilines is 1. The maximum Gasteiger partial charge on any atom is 0.244 e. The van der Waals surface area contributed by atoms with Gasteiger partial charge in [0.1, 0.15) is 0 Å². The molecule has 0 saturated carbocycles. The van der Waals surface area contributed by atoms with Gasteiger partial charge < -0.3 is 16.2 Å². The quantitative estimate of drug-likeness (QED) is 0.528. The highest BCUT2D eigenvalue weighted by atomic mass is 16.2. The summed E-state index contributed by atoms with van der Waals surface area (Å²) in [4.78, 5) is 11.7. The van der Waals surface area contributed by atoms with Crippen molar-refractivity contribution in [2.75, 3.05) is 18.9 Å². The van der Waals surface area contributed by atoms with Crippen molar-refractivity contribution >= 4 is 17.7 Å². The van der Waals surface area contributed by atoms with Crippen molar-refractivity contribution in [3.05, 3.63) is 35.9 Å². The van der Waals surface area contributed by atoms with E-state index in [1.165, 1.54) is 6.08 Å². The molecule has 0 fully saturated rings. The first kappa shape index (κ1) is 16.2. The van der Waals surface area contributed by atoms with Gasteiger partial charge in [0.25, 0.3) is 0 Å². The summed E-state index contributed by atoms with van der Waals surface area (Å²) >= 11 is 0. The lowest BCUT2D eigenvalue weighted by atomic mass is 9.88. The number of aliphatic hydroxyl groups is 1. The van der Waals surface area contributed by atoms with Crippen LogP contribution in [0.4, 0.5) is 5.69 Å². The van der Waals surface area contributed by atoms with Crippen LogP contribution in [0.5, 0.6) is 0 Å². The second kappa shape index (κ2) is 7.70. The SMILES string of the molecule is CC(C)(CCCO)CNC(=O)/C=C/c1cccc(N)c1. The van der Waals surface area contributed by atoms with Crippen molar-refractivity contribution in [2.24, 2.45) is 5.41 Å². The molecule has 1 amide bonds. The van der Waals surface area contributed by atoms with Crippen LogP contribution in [0.2, 0.25) is 0 Å². The van der Waals surface area contributed by atoms with Gasteiger partial charge in [-0.2, -0.15) is 0 Å². The predicted molar refractivity (Wildman–Crippen MR) is 83.0 cm³/mol. The molecule has 1 aromatic rings. The fraction of sp³-hybridized carbons (Fsp3) is 0.438. The van der Waals surface area contributed by atoms with E-state index in [0.717, 1.165) is 18.4 Å². The van der Waals surface area contributed by atoms with E-state index in [0.29, 0.717) is 12.2 Å². The molecular formula is C16H24N2O2. The molecule has 110 valence electrons. The number of carbonyl (C=O) groups excluding carboxylic acids is 1. The van der Waals surface area contributed by atoms with Crippen LogP contribution in [0.1, 0.15) is 32.3 Å². The van der Waals surface area contributed by atoms with Gasteiger partial charge in [0, 0.05) is 24.9 Å². The Morgan fingerprint density at radius 3 is 2.85 bits per heavy atom. The molecule has 20 heavy (non-hydrogen) atoms. The number of carbonyl (C=O) groups is 1. The Morgan fingerprint density at radius 1 is 1.45 bits per heavy atom. The Bertz CT molecular complexity index is 467. The average molecular weight is 276 g/mol. The molecule has 0 aliphatic heterocycles. The van der Waals surface area contributed by atoms with Crippen LogP contribution in [-0.4, -0.2) is 24.2 Å². The number of hydrogen-bond donors (Lipinski definition) is 3. The van der Waals surface area contributed by atoms with Crippen LogP contribution in [0, 0.1) is 5.41 Å². The third kappa shape index (κ3) is 6.38. The smallest absolute Gasteiger partial charge is 0.244 e. The zero-order chi connectivity index (χ0) is 15.0. The van der Waals surface area contributed by atoms with Crippen molar-refractivity contribution in [1.82, 2.24) is 5.32 Å². The van der Waals surface area contributed by atoms with E-state index < -0.39 is 0 Å². The van der Waals surface area contributed by atoms with Gasteiger partial charge in [0.15, 0.2) is 0 Å². The van der Waals surface area contributed by atoms with Gasteiger partial charge in [-0.05, 0) is 42.0 Å². The summed E-state index contributed by atoms with van der Waals surface area (Å²) in [6.45, 7) is 4.93. The van der Waals surface area contributed by atoms with Crippen LogP contribution in [-0.2, 0) is 4.79 Å². The molecule has 4 nitrogen and oxygen atoms in total. The molecule has 0 aromatic heterocycles. The first-order valence-electron chi connectivity index (χ1n) is 6.85. The number of nitrogens with two attached hydrogens (primary N) is 1. The highest BCUT2D eigenvalue weighted by Gasteiger charge is 2.17. The third-order valence-electron chi connectivity index (χ3n) is 3.09. The molecule has 0 heterocycles. The van der Waals surface area contributed by atoms with Crippen molar-refractivity contribution in [3.8, 4) is 0 Å².